The highest BCUT2D eigenvalue weighted by Crippen LogP contribution is 2.07. The van der Waals surface area contributed by atoms with Crippen LogP contribution < -0.4 is 14.8 Å². The number of hydrogen-bond acceptors (Lipinski definition) is 5. The van der Waals surface area contributed by atoms with Crippen molar-refractivity contribution in [3.05, 3.63) is 0 Å². The van der Waals surface area contributed by atoms with E-state index in [1.54, 1.807) is 11.6 Å². The van der Waals surface area contributed by atoms with Crippen LogP contribution in [0.25, 0.3) is 0 Å². The van der Waals surface area contributed by atoms with Crippen LogP contribution in [0.2, 0.25) is 0 Å². The average molecular weight is 265 g/mol. The van der Waals surface area contributed by atoms with Crippen molar-refractivity contribution in [2.75, 3.05) is 19.7 Å². The Morgan fingerprint density at radius 3 is 2.88 bits per heavy atom. The lowest BCUT2D eigenvalue weighted by atomic mass is 10.2. The second-order valence-corrected chi connectivity index (χ2v) is 5.30. The number of amides is 1. The largest absolute Gasteiger partial charge is 0.449 e. The van der Waals surface area contributed by atoms with Gasteiger partial charge in [0.2, 0.25) is 0 Å². The summed E-state index contributed by atoms with van der Waals surface area (Å²) in [5.74, 6) is 0. The van der Waals surface area contributed by atoms with Gasteiger partial charge in [-0.3, -0.25) is 0 Å². The van der Waals surface area contributed by atoms with Crippen molar-refractivity contribution in [3.8, 4) is 0 Å². The third-order valence-corrected chi connectivity index (χ3v) is 3.46. The van der Waals surface area contributed by atoms with Crippen LogP contribution in [-0.4, -0.2) is 40.2 Å². The number of ether oxygens (including phenoxy) is 1. The van der Waals surface area contributed by atoms with E-state index in [2.05, 4.69) is 14.8 Å². The Morgan fingerprint density at radius 2 is 2.29 bits per heavy atom. The summed E-state index contributed by atoms with van der Waals surface area (Å²) in [6.07, 6.45) is 1.94. The van der Waals surface area contributed by atoms with Crippen molar-refractivity contribution in [1.82, 2.24) is 14.8 Å². The molecule has 1 atom stereocenters. The Kier molecular flexibility index (Phi) is 5.66. The van der Waals surface area contributed by atoms with Crippen LogP contribution in [-0.2, 0) is 14.9 Å². The van der Waals surface area contributed by atoms with Crippen LogP contribution >= 0.6 is 0 Å². The second-order valence-electron chi connectivity index (χ2n) is 3.80. The highest BCUT2D eigenvalue weighted by atomic mass is 32.2. The fourth-order valence-electron chi connectivity index (χ4n) is 1.68. The number of nitrogens with one attached hydrogen (secondary N) is 3. The summed E-state index contributed by atoms with van der Waals surface area (Å²) in [6.45, 7) is 3.02. The van der Waals surface area contributed by atoms with E-state index >= 15 is 0 Å². The minimum Gasteiger partial charge on any atom is -0.449 e. The van der Waals surface area contributed by atoms with E-state index in [0.29, 0.717) is 19.0 Å². The predicted molar refractivity (Wildman–Crippen MR) is 62.7 cm³/mol. The molecule has 1 saturated heterocycles. The molecule has 100 valence electrons. The molecule has 3 N–H and O–H groups in total. The molecule has 7 nitrogen and oxygen atoms in total. The molecule has 0 aromatic heterocycles. The topological polar surface area (TPSA) is 96.5 Å². The van der Waals surface area contributed by atoms with E-state index in [1.165, 1.54) is 0 Å². The van der Waals surface area contributed by atoms with Crippen LogP contribution in [0.4, 0.5) is 4.79 Å². The number of hydrogen-bond donors (Lipinski definition) is 3. The van der Waals surface area contributed by atoms with Gasteiger partial charge in [0.05, 0.1) is 6.61 Å². The van der Waals surface area contributed by atoms with Gasteiger partial charge in [-0.2, -0.15) is 13.1 Å². The van der Waals surface area contributed by atoms with Gasteiger partial charge in [-0.05, 0) is 32.7 Å². The molecular formula is C9H19N3O4S. The zero-order valence-electron chi connectivity index (χ0n) is 9.86. The molecule has 1 fully saturated rings. The molecule has 0 aromatic rings. The Hall–Kier alpha value is -0.860. The van der Waals surface area contributed by atoms with Crippen molar-refractivity contribution in [1.29, 1.82) is 0 Å². The van der Waals surface area contributed by atoms with E-state index in [0.717, 1.165) is 19.4 Å². The number of carbonyl (C=O) groups excluding carboxylic acids is 1. The first-order valence-corrected chi connectivity index (χ1v) is 7.19. The van der Waals surface area contributed by atoms with Gasteiger partial charge >= 0.3 is 16.3 Å². The minimum atomic E-state index is -3.80. The van der Waals surface area contributed by atoms with Crippen molar-refractivity contribution in [2.45, 2.75) is 32.2 Å². The summed E-state index contributed by atoms with van der Waals surface area (Å²) in [5.41, 5.74) is 0. The van der Waals surface area contributed by atoms with E-state index in [4.69, 9.17) is 0 Å². The van der Waals surface area contributed by atoms with Crippen LogP contribution in [0, 0.1) is 0 Å². The summed E-state index contributed by atoms with van der Waals surface area (Å²) in [4.78, 5) is 10.9. The SMILES string of the molecule is CCOC(=O)NS(=O)(=O)NCC[C@@H]1CCCN1. The standard InChI is InChI=1S/C9H19N3O4S/c1-2-16-9(13)12-17(14,15)11-7-5-8-4-3-6-10-8/h8,10-11H,2-7H2,1H3,(H,12,13)/t8-/m0/s1. The number of carbonyl (C=O) groups is 1. The van der Waals surface area contributed by atoms with Gasteiger partial charge < -0.3 is 10.1 Å². The molecule has 0 unspecified atom stereocenters. The first-order valence-electron chi connectivity index (χ1n) is 5.71. The Balaban J connectivity index is 2.21. The van der Waals surface area contributed by atoms with E-state index < -0.39 is 16.3 Å². The van der Waals surface area contributed by atoms with Crippen molar-refractivity contribution in [3.63, 3.8) is 0 Å². The molecule has 1 heterocycles. The van der Waals surface area contributed by atoms with E-state index in [-0.39, 0.29) is 6.61 Å². The van der Waals surface area contributed by atoms with Crippen LogP contribution in [0.3, 0.4) is 0 Å². The molecule has 8 heteroatoms. The monoisotopic (exact) mass is 265 g/mol. The van der Waals surface area contributed by atoms with E-state index in [9.17, 15) is 13.2 Å². The molecule has 1 rings (SSSR count). The molecule has 0 spiro atoms. The van der Waals surface area contributed by atoms with Crippen LogP contribution in [0.1, 0.15) is 26.2 Å². The third-order valence-electron chi connectivity index (χ3n) is 2.44. The first kappa shape index (κ1) is 14.2. The lowest BCUT2D eigenvalue weighted by molar-refractivity contribution is 0.158. The fourth-order valence-corrected chi connectivity index (χ4v) is 2.41. The Morgan fingerprint density at radius 1 is 1.53 bits per heavy atom. The molecule has 0 saturated carbocycles. The fraction of sp³-hybridized carbons (Fsp3) is 0.889. The zero-order chi connectivity index (χ0) is 12.7. The summed E-state index contributed by atoms with van der Waals surface area (Å²) >= 11 is 0. The molecule has 0 radical (unpaired) electrons. The highest BCUT2D eigenvalue weighted by Gasteiger charge is 2.17. The lowest BCUT2D eigenvalue weighted by Crippen LogP contribution is -2.41. The summed E-state index contributed by atoms with van der Waals surface area (Å²) in [5, 5.41) is 3.26. The van der Waals surface area contributed by atoms with Crippen LogP contribution in [0.5, 0.6) is 0 Å². The third kappa shape index (κ3) is 5.85. The molecule has 0 aliphatic carbocycles. The lowest BCUT2D eigenvalue weighted by Gasteiger charge is -2.11. The van der Waals surface area contributed by atoms with Gasteiger partial charge in [0.15, 0.2) is 0 Å². The highest BCUT2D eigenvalue weighted by molar-refractivity contribution is 7.88. The number of rotatable bonds is 6. The molecule has 17 heavy (non-hydrogen) atoms. The van der Waals surface area contributed by atoms with E-state index in [1.807, 2.05) is 0 Å². The maximum Gasteiger partial charge on any atom is 0.421 e. The predicted octanol–water partition coefficient (Wildman–Crippen LogP) is -0.291. The van der Waals surface area contributed by atoms with Crippen molar-refractivity contribution < 1.29 is 17.9 Å². The average Bonchev–Trinajstić information content (AvgIpc) is 2.69. The zero-order valence-corrected chi connectivity index (χ0v) is 10.7. The Bertz CT molecular complexity index is 338. The maximum absolute atomic E-state index is 11.3. The summed E-state index contributed by atoms with van der Waals surface area (Å²) < 4.78 is 31.2. The Labute approximate surface area is 101 Å². The summed E-state index contributed by atoms with van der Waals surface area (Å²) in [7, 11) is -3.80. The normalized spacial score (nSPS) is 20.2. The van der Waals surface area contributed by atoms with Crippen LogP contribution in [0.15, 0.2) is 0 Å². The van der Waals surface area contributed by atoms with Gasteiger partial charge in [0.25, 0.3) is 0 Å². The van der Waals surface area contributed by atoms with Crippen molar-refractivity contribution >= 4 is 16.3 Å². The summed E-state index contributed by atoms with van der Waals surface area (Å²) in [6, 6.07) is 0.361. The van der Waals surface area contributed by atoms with Gasteiger partial charge in [0.1, 0.15) is 0 Å². The second kappa shape index (κ2) is 6.77. The molecule has 1 aliphatic rings. The minimum absolute atomic E-state index is 0.132. The molecular weight excluding hydrogens is 246 g/mol. The van der Waals surface area contributed by atoms with Gasteiger partial charge in [-0.25, -0.2) is 9.52 Å². The first-order chi connectivity index (χ1) is 8.03. The van der Waals surface area contributed by atoms with Gasteiger partial charge in [-0.1, -0.05) is 0 Å². The molecule has 0 bridgehead atoms. The quantitative estimate of drug-likeness (QED) is 0.613. The molecule has 1 aliphatic heterocycles. The molecule has 0 aromatic carbocycles. The van der Waals surface area contributed by atoms with Crippen molar-refractivity contribution in [2.24, 2.45) is 0 Å². The maximum atomic E-state index is 11.3. The molecule has 1 amide bonds. The van der Waals surface area contributed by atoms with Gasteiger partial charge in [-0.15, -0.1) is 0 Å². The van der Waals surface area contributed by atoms with Gasteiger partial charge in [0, 0.05) is 12.6 Å². The smallest absolute Gasteiger partial charge is 0.421 e.